The zero-order chi connectivity index (χ0) is 23.0. The van der Waals surface area contributed by atoms with E-state index in [0.29, 0.717) is 5.57 Å². The number of carbonyl (C=O) groups excluding carboxylic acids is 3. The molecule has 0 aromatic heterocycles. The molecule has 31 heavy (non-hydrogen) atoms. The summed E-state index contributed by atoms with van der Waals surface area (Å²) in [6.45, 7) is 4.74. The molecule has 1 aliphatic carbocycles. The van der Waals surface area contributed by atoms with Gasteiger partial charge < -0.3 is 19.7 Å². The summed E-state index contributed by atoms with van der Waals surface area (Å²) < 4.78 is 10.5. The van der Waals surface area contributed by atoms with E-state index in [1.807, 2.05) is 13.0 Å². The third-order valence-electron chi connectivity index (χ3n) is 5.02. The minimum absolute atomic E-state index is 0.163. The minimum atomic E-state index is -1.70. The maximum atomic E-state index is 13.1. The van der Waals surface area contributed by atoms with Crippen LogP contribution in [-0.4, -0.2) is 46.6 Å². The summed E-state index contributed by atoms with van der Waals surface area (Å²) in [5, 5.41) is 19.9. The van der Waals surface area contributed by atoms with Crippen molar-refractivity contribution >= 4 is 18.0 Å². The van der Waals surface area contributed by atoms with E-state index in [1.54, 1.807) is 24.3 Å². The fourth-order valence-electron chi connectivity index (χ4n) is 3.28. The van der Waals surface area contributed by atoms with Gasteiger partial charge in [0.05, 0.1) is 18.4 Å². The van der Waals surface area contributed by atoms with Crippen molar-refractivity contribution in [3.63, 3.8) is 0 Å². The van der Waals surface area contributed by atoms with Gasteiger partial charge in [-0.1, -0.05) is 30.4 Å². The lowest BCUT2D eigenvalue weighted by molar-refractivity contribution is -0.148. The summed E-state index contributed by atoms with van der Waals surface area (Å²) in [6, 6.07) is 0. The molecule has 2 rings (SSSR count). The summed E-state index contributed by atoms with van der Waals surface area (Å²) in [6.07, 6.45) is 13.6. The van der Waals surface area contributed by atoms with Crippen LogP contribution < -0.4 is 0 Å². The summed E-state index contributed by atoms with van der Waals surface area (Å²) in [5.41, 5.74) is -0.422. The molecule has 0 amide bonds. The first-order chi connectivity index (χ1) is 14.8. The number of aliphatic hydroxyl groups is 2. The fraction of sp³-hybridized carbons (Fsp3) is 0.292. The number of carbonyl (C=O) groups is 3. The number of aliphatic hydroxyl groups excluding tert-OH is 2. The Morgan fingerprint density at radius 3 is 2.68 bits per heavy atom. The summed E-state index contributed by atoms with van der Waals surface area (Å²) >= 11 is 0. The number of allylic oxidation sites excluding steroid dienone is 8. The Labute approximate surface area is 181 Å². The van der Waals surface area contributed by atoms with Crippen molar-refractivity contribution in [3.8, 4) is 0 Å². The molecule has 7 nitrogen and oxygen atoms in total. The van der Waals surface area contributed by atoms with Gasteiger partial charge in [0.2, 0.25) is 5.78 Å². The van der Waals surface area contributed by atoms with E-state index in [4.69, 9.17) is 9.47 Å². The van der Waals surface area contributed by atoms with E-state index in [0.717, 1.165) is 6.08 Å². The highest BCUT2D eigenvalue weighted by Gasteiger charge is 2.47. The van der Waals surface area contributed by atoms with Crippen LogP contribution >= 0.6 is 0 Å². The quantitative estimate of drug-likeness (QED) is 0.266. The first kappa shape index (κ1) is 23.8. The molecule has 0 fully saturated rings. The Bertz CT molecular complexity index is 956. The maximum Gasteiger partial charge on any atom is 0.294 e. The van der Waals surface area contributed by atoms with Crippen molar-refractivity contribution in [1.29, 1.82) is 0 Å². The Kier molecular flexibility index (Phi) is 8.10. The van der Waals surface area contributed by atoms with Crippen molar-refractivity contribution in [2.75, 3.05) is 6.61 Å². The molecule has 7 heteroatoms. The zero-order valence-electron chi connectivity index (χ0n) is 17.7. The Hall–Kier alpha value is -3.45. The molecule has 0 bridgehead atoms. The molecule has 0 spiro atoms. The zero-order valence-corrected chi connectivity index (χ0v) is 17.7. The highest BCUT2D eigenvalue weighted by Crippen LogP contribution is 2.41. The second kappa shape index (κ2) is 10.5. The number of ketones is 2. The molecule has 0 unspecified atom stereocenters. The maximum absolute atomic E-state index is 13.1. The third-order valence-corrected chi connectivity index (χ3v) is 5.02. The van der Waals surface area contributed by atoms with Gasteiger partial charge in [0.25, 0.3) is 6.47 Å². The molecule has 2 N–H and O–H groups in total. The molecule has 1 aliphatic heterocycles. The van der Waals surface area contributed by atoms with Crippen LogP contribution in [0, 0.1) is 0 Å². The second-order valence-corrected chi connectivity index (χ2v) is 7.16. The van der Waals surface area contributed by atoms with E-state index in [2.05, 4.69) is 0 Å². The fourth-order valence-corrected chi connectivity index (χ4v) is 3.28. The molecule has 0 aromatic rings. The van der Waals surface area contributed by atoms with E-state index in [-0.39, 0.29) is 42.0 Å². The van der Waals surface area contributed by atoms with Gasteiger partial charge in [-0.05, 0) is 44.1 Å². The number of fused-ring (bicyclic) bond motifs is 1. The van der Waals surface area contributed by atoms with E-state index < -0.39 is 23.3 Å². The van der Waals surface area contributed by atoms with Crippen LogP contribution in [0.25, 0.3) is 0 Å². The number of Topliss-reactive ketones (excluding diaryl/α,β-unsaturated/α-hetero) is 1. The molecular weight excluding hydrogens is 400 g/mol. The predicted molar refractivity (Wildman–Crippen MR) is 115 cm³/mol. The minimum Gasteiger partial charge on any atom is -0.508 e. The van der Waals surface area contributed by atoms with Crippen molar-refractivity contribution in [2.24, 2.45) is 0 Å². The lowest BCUT2D eigenvalue weighted by Gasteiger charge is -2.36. The van der Waals surface area contributed by atoms with Crippen molar-refractivity contribution in [1.82, 2.24) is 0 Å². The summed E-state index contributed by atoms with van der Waals surface area (Å²) in [5.74, 6) is -1.33. The van der Waals surface area contributed by atoms with Crippen molar-refractivity contribution in [2.45, 2.75) is 38.9 Å². The van der Waals surface area contributed by atoms with Gasteiger partial charge in [-0.2, -0.15) is 0 Å². The Morgan fingerprint density at radius 2 is 2.03 bits per heavy atom. The highest BCUT2D eigenvalue weighted by atomic mass is 16.5. The summed E-state index contributed by atoms with van der Waals surface area (Å²) in [7, 11) is 0. The molecular formula is C24H26O7. The average Bonchev–Trinajstić information content (AvgIpc) is 2.75. The smallest absolute Gasteiger partial charge is 0.294 e. The molecule has 1 heterocycles. The van der Waals surface area contributed by atoms with E-state index >= 15 is 0 Å². The molecule has 0 radical (unpaired) electrons. The van der Waals surface area contributed by atoms with Crippen LogP contribution in [0.15, 0.2) is 82.9 Å². The molecule has 2 aliphatic rings. The lowest BCUT2D eigenvalue weighted by atomic mass is 9.74. The van der Waals surface area contributed by atoms with Crippen LogP contribution in [0.5, 0.6) is 0 Å². The molecule has 0 saturated heterocycles. The van der Waals surface area contributed by atoms with E-state index in [1.165, 1.54) is 32.3 Å². The number of hydrogen-bond acceptors (Lipinski definition) is 7. The van der Waals surface area contributed by atoms with Gasteiger partial charge in [0, 0.05) is 18.1 Å². The van der Waals surface area contributed by atoms with Gasteiger partial charge in [-0.25, -0.2) is 0 Å². The number of hydrogen-bond donors (Lipinski definition) is 2. The predicted octanol–water partition coefficient (Wildman–Crippen LogP) is 3.11. The van der Waals surface area contributed by atoms with Gasteiger partial charge in [-0.3, -0.25) is 14.4 Å². The molecule has 164 valence electrons. The Morgan fingerprint density at radius 1 is 1.32 bits per heavy atom. The number of rotatable bonds is 8. The first-order valence-corrected chi connectivity index (χ1v) is 9.74. The van der Waals surface area contributed by atoms with Crippen LogP contribution in [0.2, 0.25) is 0 Å². The molecule has 0 aromatic carbocycles. The normalized spacial score (nSPS) is 25.9. The lowest BCUT2D eigenvalue weighted by Crippen LogP contribution is -2.45. The third kappa shape index (κ3) is 5.38. The average molecular weight is 426 g/mol. The van der Waals surface area contributed by atoms with Crippen LogP contribution in [0.1, 0.15) is 27.2 Å². The Balaban J connectivity index is 2.47. The molecule has 0 saturated carbocycles. The highest BCUT2D eigenvalue weighted by molar-refractivity contribution is 6.10. The van der Waals surface area contributed by atoms with Gasteiger partial charge in [0.15, 0.2) is 11.4 Å². The van der Waals surface area contributed by atoms with Gasteiger partial charge >= 0.3 is 0 Å². The van der Waals surface area contributed by atoms with Gasteiger partial charge in [-0.15, -0.1) is 0 Å². The van der Waals surface area contributed by atoms with Crippen molar-refractivity contribution < 1.29 is 34.1 Å². The standard InChI is InChI=1S/C24H26O7/c1-4-5-6-7-8-9-18(27)12-22(28)16(2)21-11-17-10-19(13-25)30-14-20(17)23(29)24(21,3)31-15-26/h4-9,11-12,14-15,19,25,28H,10,13H2,1-3H3/b5-4+,7-6+,9-8+,21-16+,22-12-/t19-,24-/m0/s1. The SMILES string of the molecule is C/C=C/C=C/C=C/C(=O)/C=C(O)/C(C)=C1\C=C2C[C@@H](CO)OC=C2C(=O)[C@@]1(C)OC=O. The molecule has 2 atom stereocenters. The topological polar surface area (TPSA) is 110 Å². The monoisotopic (exact) mass is 426 g/mol. The largest absolute Gasteiger partial charge is 0.508 e. The van der Waals surface area contributed by atoms with Gasteiger partial charge in [0.1, 0.15) is 11.9 Å². The number of ether oxygens (including phenoxy) is 2. The van der Waals surface area contributed by atoms with E-state index in [9.17, 15) is 24.6 Å². The second-order valence-electron chi connectivity index (χ2n) is 7.16. The first-order valence-electron chi connectivity index (χ1n) is 9.74. The van der Waals surface area contributed by atoms with Crippen LogP contribution in [-0.2, 0) is 23.9 Å². The van der Waals surface area contributed by atoms with Crippen LogP contribution in [0.3, 0.4) is 0 Å². The van der Waals surface area contributed by atoms with Crippen LogP contribution in [0.4, 0.5) is 0 Å². The van der Waals surface area contributed by atoms with Crippen molar-refractivity contribution in [3.05, 3.63) is 82.9 Å². The summed E-state index contributed by atoms with van der Waals surface area (Å²) in [4.78, 5) is 36.3.